The second-order valence-electron chi connectivity index (χ2n) is 3.01. The third kappa shape index (κ3) is 2.77. The van der Waals surface area contributed by atoms with Gasteiger partial charge in [0.15, 0.2) is 0 Å². The smallest absolute Gasteiger partial charge is 0.132 e. The average molecular weight is 262 g/mol. The summed E-state index contributed by atoms with van der Waals surface area (Å²) in [5.41, 5.74) is 6.58. The molecule has 0 bridgehead atoms. The van der Waals surface area contributed by atoms with Gasteiger partial charge in [-0.2, -0.15) is 0 Å². The summed E-state index contributed by atoms with van der Waals surface area (Å²) in [5.74, 6) is -0.208. The highest BCUT2D eigenvalue weighted by Gasteiger charge is 2.09. The number of rotatable bonds is 4. The first-order valence-electron chi connectivity index (χ1n) is 4.34. The maximum Gasteiger partial charge on any atom is 0.132 e. The molecular formula is C10H13BrFNO. The van der Waals surface area contributed by atoms with Crippen LogP contribution in [0.4, 0.5) is 4.39 Å². The molecule has 1 aromatic carbocycles. The van der Waals surface area contributed by atoms with Crippen molar-refractivity contribution in [1.29, 1.82) is 0 Å². The number of benzene rings is 1. The van der Waals surface area contributed by atoms with Gasteiger partial charge in [-0.25, -0.2) is 4.39 Å². The van der Waals surface area contributed by atoms with Crippen molar-refractivity contribution in [1.82, 2.24) is 0 Å². The van der Waals surface area contributed by atoms with Crippen LogP contribution in [-0.4, -0.2) is 13.7 Å². The minimum absolute atomic E-state index is 0.208. The van der Waals surface area contributed by atoms with Crippen molar-refractivity contribution in [3.8, 4) is 0 Å². The van der Waals surface area contributed by atoms with Gasteiger partial charge in [0.1, 0.15) is 5.82 Å². The first-order valence-corrected chi connectivity index (χ1v) is 5.14. The van der Waals surface area contributed by atoms with E-state index in [4.69, 9.17) is 10.5 Å². The Morgan fingerprint density at radius 3 is 2.64 bits per heavy atom. The van der Waals surface area contributed by atoms with Crippen molar-refractivity contribution >= 4 is 15.9 Å². The molecule has 0 radical (unpaired) electrons. The van der Waals surface area contributed by atoms with Gasteiger partial charge >= 0.3 is 0 Å². The lowest BCUT2D eigenvalue weighted by atomic mass is 10.1. The van der Waals surface area contributed by atoms with E-state index in [2.05, 4.69) is 15.9 Å². The summed E-state index contributed by atoms with van der Waals surface area (Å²) in [6.07, 6.45) is 0.544. The average Bonchev–Trinajstić information content (AvgIpc) is 2.14. The molecule has 0 aromatic heterocycles. The highest BCUT2D eigenvalue weighted by Crippen LogP contribution is 2.21. The number of methoxy groups -OCH3 is 1. The van der Waals surface area contributed by atoms with Crippen LogP contribution in [0.25, 0.3) is 0 Å². The van der Waals surface area contributed by atoms with Crippen LogP contribution in [-0.2, 0) is 17.8 Å². The monoisotopic (exact) mass is 261 g/mol. The number of hydrogen-bond donors (Lipinski definition) is 1. The SMILES string of the molecule is COCc1cc(Br)cc(CCN)c1F. The van der Waals surface area contributed by atoms with E-state index in [0.717, 1.165) is 4.47 Å². The van der Waals surface area contributed by atoms with Crippen LogP contribution >= 0.6 is 15.9 Å². The molecule has 0 spiro atoms. The van der Waals surface area contributed by atoms with Crippen LogP contribution in [0.5, 0.6) is 0 Å². The fourth-order valence-electron chi connectivity index (χ4n) is 1.31. The molecule has 0 saturated carbocycles. The molecule has 1 rings (SSSR count). The molecular weight excluding hydrogens is 249 g/mol. The minimum atomic E-state index is -0.208. The molecule has 1 aromatic rings. The molecule has 78 valence electrons. The van der Waals surface area contributed by atoms with E-state index in [1.54, 1.807) is 19.2 Å². The van der Waals surface area contributed by atoms with Crippen LogP contribution in [0.3, 0.4) is 0 Å². The Morgan fingerprint density at radius 1 is 1.43 bits per heavy atom. The summed E-state index contributed by atoms with van der Waals surface area (Å²) in [4.78, 5) is 0. The molecule has 4 heteroatoms. The van der Waals surface area contributed by atoms with Gasteiger partial charge in [-0.1, -0.05) is 15.9 Å². The highest BCUT2D eigenvalue weighted by molar-refractivity contribution is 9.10. The summed E-state index contributed by atoms with van der Waals surface area (Å²) < 4.78 is 19.4. The number of nitrogens with two attached hydrogens (primary N) is 1. The predicted molar refractivity (Wildman–Crippen MR) is 57.6 cm³/mol. The van der Waals surface area contributed by atoms with E-state index in [-0.39, 0.29) is 12.4 Å². The Balaban J connectivity index is 3.04. The van der Waals surface area contributed by atoms with Gasteiger partial charge in [-0.05, 0) is 30.7 Å². The van der Waals surface area contributed by atoms with Crippen LogP contribution in [0.2, 0.25) is 0 Å². The zero-order chi connectivity index (χ0) is 10.6. The van der Waals surface area contributed by atoms with Gasteiger partial charge in [0.2, 0.25) is 0 Å². The Morgan fingerprint density at radius 2 is 2.07 bits per heavy atom. The second kappa shape index (κ2) is 5.44. The van der Waals surface area contributed by atoms with Crippen molar-refractivity contribution in [2.45, 2.75) is 13.0 Å². The normalized spacial score (nSPS) is 10.6. The van der Waals surface area contributed by atoms with Gasteiger partial charge in [-0.3, -0.25) is 0 Å². The Labute approximate surface area is 91.4 Å². The molecule has 2 N–H and O–H groups in total. The lowest BCUT2D eigenvalue weighted by Crippen LogP contribution is -2.06. The van der Waals surface area contributed by atoms with Gasteiger partial charge < -0.3 is 10.5 Å². The largest absolute Gasteiger partial charge is 0.380 e. The third-order valence-corrected chi connectivity index (χ3v) is 2.36. The molecule has 2 nitrogen and oxygen atoms in total. The summed E-state index contributed by atoms with van der Waals surface area (Å²) in [5, 5.41) is 0. The van der Waals surface area contributed by atoms with Crippen LogP contribution in [0.15, 0.2) is 16.6 Å². The summed E-state index contributed by atoms with van der Waals surface area (Å²) in [6, 6.07) is 3.47. The number of hydrogen-bond acceptors (Lipinski definition) is 2. The molecule has 0 fully saturated rings. The van der Waals surface area contributed by atoms with Crippen LogP contribution < -0.4 is 5.73 Å². The van der Waals surface area contributed by atoms with Crippen molar-refractivity contribution in [3.05, 3.63) is 33.5 Å². The second-order valence-corrected chi connectivity index (χ2v) is 3.93. The lowest BCUT2D eigenvalue weighted by Gasteiger charge is -2.08. The van der Waals surface area contributed by atoms with E-state index >= 15 is 0 Å². The first kappa shape index (κ1) is 11.6. The Bertz CT molecular complexity index is 290. The first-order chi connectivity index (χ1) is 6.69. The molecule has 0 heterocycles. The van der Waals surface area contributed by atoms with E-state index in [0.29, 0.717) is 24.1 Å². The van der Waals surface area contributed by atoms with Crippen molar-refractivity contribution in [2.75, 3.05) is 13.7 Å². The summed E-state index contributed by atoms with van der Waals surface area (Å²) in [7, 11) is 1.54. The van der Waals surface area contributed by atoms with Crippen molar-refractivity contribution < 1.29 is 9.13 Å². The maximum absolute atomic E-state index is 13.7. The predicted octanol–water partition coefficient (Wildman–Crippen LogP) is 2.24. The van der Waals surface area contributed by atoms with E-state index in [9.17, 15) is 4.39 Å². The molecule has 0 saturated heterocycles. The van der Waals surface area contributed by atoms with Crippen molar-refractivity contribution in [3.63, 3.8) is 0 Å². The standard InChI is InChI=1S/C10H13BrFNO/c1-14-6-8-5-9(11)4-7(2-3-13)10(8)12/h4-5H,2-3,6,13H2,1H3. The van der Waals surface area contributed by atoms with E-state index in [1.165, 1.54) is 0 Å². The van der Waals surface area contributed by atoms with Gasteiger partial charge in [0.25, 0.3) is 0 Å². The van der Waals surface area contributed by atoms with E-state index in [1.807, 2.05) is 0 Å². The minimum Gasteiger partial charge on any atom is -0.380 e. The number of halogens is 2. The van der Waals surface area contributed by atoms with Gasteiger partial charge in [0, 0.05) is 17.1 Å². The zero-order valence-electron chi connectivity index (χ0n) is 8.02. The molecule has 0 amide bonds. The Kier molecular flexibility index (Phi) is 4.51. The number of ether oxygens (including phenoxy) is 1. The molecule has 0 aliphatic carbocycles. The Hall–Kier alpha value is -0.450. The lowest BCUT2D eigenvalue weighted by molar-refractivity contribution is 0.181. The van der Waals surface area contributed by atoms with Crippen molar-refractivity contribution in [2.24, 2.45) is 5.73 Å². The molecule has 14 heavy (non-hydrogen) atoms. The maximum atomic E-state index is 13.7. The summed E-state index contributed by atoms with van der Waals surface area (Å²) in [6.45, 7) is 0.725. The quantitative estimate of drug-likeness (QED) is 0.903. The highest BCUT2D eigenvalue weighted by atomic mass is 79.9. The van der Waals surface area contributed by atoms with Gasteiger partial charge in [0.05, 0.1) is 6.61 Å². The third-order valence-electron chi connectivity index (χ3n) is 1.90. The molecule has 0 aliphatic rings. The van der Waals surface area contributed by atoms with E-state index < -0.39 is 0 Å². The summed E-state index contributed by atoms with van der Waals surface area (Å²) >= 11 is 3.32. The zero-order valence-corrected chi connectivity index (χ0v) is 9.60. The van der Waals surface area contributed by atoms with Crippen LogP contribution in [0.1, 0.15) is 11.1 Å². The fraction of sp³-hybridized carbons (Fsp3) is 0.400. The van der Waals surface area contributed by atoms with Crippen LogP contribution in [0, 0.1) is 5.82 Å². The molecule has 0 atom stereocenters. The molecule has 0 unspecified atom stereocenters. The molecule has 0 aliphatic heterocycles. The fourth-order valence-corrected chi connectivity index (χ4v) is 1.86. The topological polar surface area (TPSA) is 35.2 Å². The van der Waals surface area contributed by atoms with Gasteiger partial charge in [-0.15, -0.1) is 0 Å².